The van der Waals surface area contributed by atoms with Crippen LogP contribution in [0.3, 0.4) is 0 Å². The first-order valence-corrected chi connectivity index (χ1v) is 4.72. The van der Waals surface area contributed by atoms with Crippen molar-refractivity contribution in [2.75, 3.05) is 6.61 Å². The summed E-state index contributed by atoms with van der Waals surface area (Å²) in [4.78, 5) is 22.4. The van der Waals surface area contributed by atoms with Crippen LogP contribution in [0.4, 0.5) is 0 Å². The maximum atomic E-state index is 11.3. The summed E-state index contributed by atoms with van der Waals surface area (Å²) in [6.45, 7) is 3.21. The Labute approximate surface area is 88.2 Å². The van der Waals surface area contributed by atoms with Gasteiger partial charge in [0, 0.05) is 24.6 Å². The Morgan fingerprint density at radius 2 is 2.00 bits per heavy atom. The van der Waals surface area contributed by atoms with Gasteiger partial charge >= 0.3 is 0 Å². The van der Waals surface area contributed by atoms with Crippen LogP contribution in [-0.2, 0) is 6.54 Å². The van der Waals surface area contributed by atoms with E-state index in [-0.39, 0.29) is 18.2 Å². The molecule has 80 valence electrons. The van der Waals surface area contributed by atoms with Gasteiger partial charge in [-0.3, -0.25) is 9.59 Å². The van der Waals surface area contributed by atoms with Crippen LogP contribution in [-0.4, -0.2) is 23.3 Å². The number of pyridine rings is 1. The lowest BCUT2D eigenvalue weighted by atomic mass is 10.1. The molecule has 4 nitrogen and oxygen atoms in total. The van der Waals surface area contributed by atoms with E-state index in [9.17, 15) is 9.59 Å². The second-order valence-electron chi connectivity index (χ2n) is 3.33. The Morgan fingerprint density at radius 3 is 2.47 bits per heavy atom. The number of aromatic nitrogens is 1. The molecule has 0 unspecified atom stereocenters. The molecule has 0 fully saturated rings. The summed E-state index contributed by atoms with van der Waals surface area (Å²) >= 11 is 0. The molecule has 1 aromatic rings. The van der Waals surface area contributed by atoms with Crippen LogP contribution in [0.15, 0.2) is 18.3 Å². The minimum Gasteiger partial charge on any atom is -0.390 e. The first-order valence-electron chi connectivity index (χ1n) is 4.72. The van der Waals surface area contributed by atoms with Gasteiger partial charge < -0.3 is 5.11 Å². The third kappa shape index (κ3) is 2.70. The van der Waals surface area contributed by atoms with Crippen molar-refractivity contribution < 1.29 is 19.3 Å². The second-order valence-corrected chi connectivity index (χ2v) is 3.33. The third-order valence-corrected chi connectivity index (χ3v) is 2.14. The molecule has 0 saturated heterocycles. The molecular weight excluding hydrogens is 194 g/mol. The highest BCUT2D eigenvalue weighted by atomic mass is 16.3. The van der Waals surface area contributed by atoms with Gasteiger partial charge in [-0.15, -0.1) is 0 Å². The van der Waals surface area contributed by atoms with Crippen molar-refractivity contribution in [2.24, 2.45) is 0 Å². The van der Waals surface area contributed by atoms with Gasteiger partial charge in [-0.05, 0) is 6.92 Å². The SMILES string of the molecule is CC(=O)c1cc[n+](CCO)c(C(C)=O)c1. The van der Waals surface area contributed by atoms with E-state index in [1.54, 1.807) is 22.9 Å². The Bertz CT molecular complexity index is 399. The Balaban J connectivity index is 3.20. The van der Waals surface area contributed by atoms with Crippen molar-refractivity contribution >= 4 is 11.6 Å². The molecule has 0 aliphatic rings. The molecule has 4 heteroatoms. The standard InChI is InChI=1S/C11H14NO3/c1-8(14)10-3-4-12(5-6-13)11(7-10)9(2)15/h3-4,7,13H,5-6H2,1-2H3/q+1. The summed E-state index contributed by atoms with van der Waals surface area (Å²) in [5.41, 5.74) is 0.950. The summed E-state index contributed by atoms with van der Waals surface area (Å²) in [6, 6.07) is 3.20. The van der Waals surface area contributed by atoms with Crippen LogP contribution < -0.4 is 4.57 Å². The molecule has 1 N–H and O–H groups in total. The molecule has 1 heterocycles. The van der Waals surface area contributed by atoms with E-state index < -0.39 is 0 Å². The molecular formula is C11H14NO3+. The first kappa shape index (κ1) is 11.5. The first-order chi connectivity index (χ1) is 7.06. The number of rotatable bonds is 4. The number of ketones is 2. The van der Waals surface area contributed by atoms with Gasteiger partial charge in [0.15, 0.2) is 18.5 Å². The molecule has 0 radical (unpaired) electrons. The number of Topliss-reactive ketones (excluding diaryl/α,β-unsaturated/α-hetero) is 2. The van der Waals surface area contributed by atoms with Crippen molar-refractivity contribution in [3.63, 3.8) is 0 Å². The predicted molar refractivity (Wildman–Crippen MR) is 53.7 cm³/mol. The second kappa shape index (κ2) is 4.79. The van der Waals surface area contributed by atoms with E-state index in [0.29, 0.717) is 17.8 Å². The predicted octanol–water partition coefficient (Wildman–Crippen LogP) is 0.372. The van der Waals surface area contributed by atoms with E-state index in [2.05, 4.69) is 0 Å². The monoisotopic (exact) mass is 208 g/mol. The quantitative estimate of drug-likeness (QED) is 0.574. The number of hydrogen-bond acceptors (Lipinski definition) is 3. The molecule has 1 aromatic heterocycles. The number of aliphatic hydroxyl groups is 1. The number of carbonyl (C=O) groups is 2. The molecule has 0 aliphatic heterocycles. The van der Waals surface area contributed by atoms with Gasteiger partial charge in [0.1, 0.15) is 6.61 Å². The van der Waals surface area contributed by atoms with Crippen LogP contribution in [0, 0.1) is 0 Å². The summed E-state index contributed by atoms with van der Waals surface area (Å²) in [5.74, 6) is -0.194. The average molecular weight is 208 g/mol. The van der Waals surface area contributed by atoms with Gasteiger partial charge in [-0.25, -0.2) is 0 Å². The van der Waals surface area contributed by atoms with E-state index in [4.69, 9.17) is 5.11 Å². The van der Waals surface area contributed by atoms with E-state index in [1.165, 1.54) is 13.8 Å². The van der Waals surface area contributed by atoms with Crippen molar-refractivity contribution in [2.45, 2.75) is 20.4 Å². The molecule has 15 heavy (non-hydrogen) atoms. The van der Waals surface area contributed by atoms with E-state index in [1.807, 2.05) is 0 Å². The van der Waals surface area contributed by atoms with Crippen LogP contribution in [0.1, 0.15) is 34.7 Å². The van der Waals surface area contributed by atoms with Crippen LogP contribution in [0.2, 0.25) is 0 Å². The lowest BCUT2D eigenvalue weighted by Crippen LogP contribution is -2.41. The number of hydrogen-bond donors (Lipinski definition) is 1. The van der Waals surface area contributed by atoms with Crippen LogP contribution in [0.5, 0.6) is 0 Å². The fourth-order valence-corrected chi connectivity index (χ4v) is 1.35. The molecule has 0 saturated carbocycles. The van der Waals surface area contributed by atoms with E-state index in [0.717, 1.165) is 0 Å². The smallest absolute Gasteiger partial charge is 0.249 e. The summed E-state index contributed by atoms with van der Waals surface area (Å²) in [7, 11) is 0. The normalized spacial score (nSPS) is 10.1. The highest BCUT2D eigenvalue weighted by molar-refractivity contribution is 5.97. The van der Waals surface area contributed by atoms with Gasteiger partial charge in [0.05, 0.1) is 0 Å². The maximum Gasteiger partial charge on any atom is 0.249 e. The lowest BCUT2D eigenvalue weighted by molar-refractivity contribution is -0.699. The zero-order valence-corrected chi connectivity index (χ0v) is 8.86. The van der Waals surface area contributed by atoms with Gasteiger partial charge in [0.25, 0.3) is 0 Å². The lowest BCUT2D eigenvalue weighted by Gasteiger charge is -2.01. The maximum absolute atomic E-state index is 11.3. The molecule has 0 aliphatic carbocycles. The number of aliphatic hydroxyl groups excluding tert-OH is 1. The fourth-order valence-electron chi connectivity index (χ4n) is 1.35. The Hall–Kier alpha value is -1.55. The highest BCUT2D eigenvalue weighted by Gasteiger charge is 2.16. The molecule has 1 rings (SSSR count). The van der Waals surface area contributed by atoms with Gasteiger partial charge in [0.2, 0.25) is 11.5 Å². The van der Waals surface area contributed by atoms with Crippen molar-refractivity contribution in [1.29, 1.82) is 0 Å². The summed E-state index contributed by atoms with van der Waals surface area (Å²) in [6.07, 6.45) is 1.64. The van der Waals surface area contributed by atoms with Crippen molar-refractivity contribution in [1.82, 2.24) is 0 Å². The minimum atomic E-state index is -0.119. The van der Waals surface area contributed by atoms with E-state index >= 15 is 0 Å². The molecule has 0 atom stereocenters. The Morgan fingerprint density at radius 1 is 1.33 bits per heavy atom. The molecule has 0 amide bonds. The largest absolute Gasteiger partial charge is 0.390 e. The Kier molecular flexibility index (Phi) is 3.68. The fraction of sp³-hybridized carbons (Fsp3) is 0.364. The zero-order valence-electron chi connectivity index (χ0n) is 8.86. The molecule has 0 aromatic carbocycles. The van der Waals surface area contributed by atoms with Crippen LogP contribution in [0.25, 0.3) is 0 Å². The summed E-state index contributed by atoms with van der Waals surface area (Å²) < 4.78 is 1.63. The third-order valence-electron chi connectivity index (χ3n) is 2.14. The average Bonchev–Trinajstić information content (AvgIpc) is 2.18. The zero-order chi connectivity index (χ0) is 11.4. The number of nitrogens with zero attached hydrogens (tertiary/aromatic N) is 1. The summed E-state index contributed by atoms with van der Waals surface area (Å²) in [5, 5.41) is 8.81. The van der Waals surface area contributed by atoms with Gasteiger partial charge in [-0.1, -0.05) is 0 Å². The topological polar surface area (TPSA) is 58.2 Å². The number of carbonyl (C=O) groups excluding carboxylic acids is 2. The minimum absolute atomic E-state index is 0.0373. The van der Waals surface area contributed by atoms with Crippen LogP contribution >= 0.6 is 0 Å². The molecule has 0 bridgehead atoms. The highest BCUT2D eigenvalue weighted by Crippen LogP contribution is 2.02. The van der Waals surface area contributed by atoms with Crippen molar-refractivity contribution in [3.05, 3.63) is 29.6 Å². The van der Waals surface area contributed by atoms with Gasteiger partial charge in [-0.2, -0.15) is 4.57 Å². The van der Waals surface area contributed by atoms with Crippen molar-refractivity contribution in [3.8, 4) is 0 Å². The molecule has 0 spiro atoms.